The van der Waals surface area contributed by atoms with E-state index < -0.39 is 0 Å². The Labute approximate surface area is 47.9 Å². The third kappa shape index (κ3) is 0.690. The second-order valence-corrected chi connectivity index (χ2v) is 2.15. The molecule has 1 heterocycles. The molecule has 0 saturated carbocycles. The smallest absolute Gasteiger partial charge is 0.248 e. The van der Waals surface area contributed by atoms with Crippen LogP contribution < -0.4 is 0 Å². The van der Waals surface area contributed by atoms with Crippen molar-refractivity contribution >= 4 is 5.91 Å². The molecule has 1 N–H and O–H groups in total. The molecular formula is C5H9NO2. The first kappa shape index (κ1) is 5.56. The lowest BCUT2D eigenvalue weighted by atomic mass is 10.1. The van der Waals surface area contributed by atoms with Crippen molar-refractivity contribution in [3.8, 4) is 0 Å². The summed E-state index contributed by atoms with van der Waals surface area (Å²) in [5, 5.41) is 9.43. The molecule has 0 aromatic rings. The largest absolute Gasteiger partial charge is 0.286 e. The summed E-state index contributed by atoms with van der Waals surface area (Å²) in [6.45, 7) is 2.32. The second kappa shape index (κ2) is 1.74. The van der Waals surface area contributed by atoms with Gasteiger partial charge in [0.05, 0.1) is 0 Å². The van der Waals surface area contributed by atoms with Crippen LogP contribution >= 0.6 is 0 Å². The Balaban J connectivity index is 2.57. The molecule has 1 saturated heterocycles. The van der Waals surface area contributed by atoms with Crippen LogP contribution in [0.15, 0.2) is 0 Å². The fourth-order valence-electron chi connectivity index (χ4n) is 0.804. The number of hydrogen-bond donors (Lipinski definition) is 1. The molecule has 0 radical (unpaired) electrons. The van der Waals surface area contributed by atoms with Crippen LogP contribution in [0.4, 0.5) is 0 Å². The van der Waals surface area contributed by atoms with E-state index in [4.69, 9.17) is 5.21 Å². The molecule has 0 aliphatic carbocycles. The van der Waals surface area contributed by atoms with Gasteiger partial charge in [-0.2, -0.15) is 0 Å². The van der Waals surface area contributed by atoms with Gasteiger partial charge < -0.3 is 0 Å². The van der Waals surface area contributed by atoms with Crippen LogP contribution in [0, 0.1) is 5.92 Å². The summed E-state index contributed by atoms with van der Waals surface area (Å²) in [4.78, 5) is 10.6. The van der Waals surface area contributed by atoms with Crippen molar-refractivity contribution in [3.05, 3.63) is 0 Å². The molecule has 46 valence electrons. The van der Waals surface area contributed by atoms with Gasteiger partial charge in [0, 0.05) is 12.5 Å². The predicted molar refractivity (Wildman–Crippen MR) is 27.3 cm³/mol. The van der Waals surface area contributed by atoms with E-state index in [1.54, 1.807) is 0 Å². The summed E-state index contributed by atoms with van der Waals surface area (Å²) in [7, 11) is 0. The average molecular weight is 115 g/mol. The molecule has 8 heavy (non-hydrogen) atoms. The Morgan fingerprint density at radius 3 is 2.62 bits per heavy atom. The number of rotatable bonds is 0. The second-order valence-electron chi connectivity index (χ2n) is 2.15. The van der Waals surface area contributed by atoms with Crippen LogP contribution in [0.1, 0.15) is 13.3 Å². The molecular weight excluding hydrogens is 106 g/mol. The molecule has 1 rings (SSSR count). The van der Waals surface area contributed by atoms with E-state index in [0.717, 1.165) is 11.5 Å². The first-order valence-corrected chi connectivity index (χ1v) is 2.72. The van der Waals surface area contributed by atoms with Gasteiger partial charge >= 0.3 is 0 Å². The molecule has 1 amide bonds. The van der Waals surface area contributed by atoms with Gasteiger partial charge in [0.15, 0.2) is 0 Å². The molecule has 0 aromatic heterocycles. The van der Waals surface area contributed by atoms with E-state index in [1.807, 2.05) is 6.92 Å². The Bertz CT molecular complexity index is 101. The monoisotopic (exact) mass is 115 g/mol. The first-order valence-electron chi connectivity index (χ1n) is 2.72. The summed E-state index contributed by atoms with van der Waals surface area (Å²) in [6, 6.07) is 0. The predicted octanol–water partition coefficient (Wildman–Crippen LogP) is 0.244. The van der Waals surface area contributed by atoms with Crippen LogP contribution in [0.3, 0.4) is 0 Å². The highest BCUT2D eigenvalue weighted by atomic mass is 16.5. The van der Waals surface area contributed by atoms with Crippen molar-refractivity contribution in [2.75, 3.05) is 6.54 Å². The Morgan fingerprint density at radius 1 is 1.88 bits per heavy atom. The van der Waals surface area contributed by atoms with Crippen molar-refractivity contribution in [1.29, 1.82) is 0 Å². The van der Waals surface area contributed by atoms with E-state index in [1.165, 1.54) is 0 Å². The molecule has 3 nitrogen and oxygen atoms in total. The van der Waals surface area contributed by atoms with E-state index in [9.17, 15) is 4.79 Å². The standard InChI is InChI=1S/C5H9NO2/c1-4-2-3-6(8)5(4)7/h4,8H,2-3H2,1H3. The molecule has 1 atom stereocenters. The maximum absolute atomic E-state index is 10.6. The normalized spacial score (nSPS) is 29.5. The van der Waals surface area contributed by atoms with Gasteiger partial charge in [-0.15, -0.1) is 0 Å². The van der Waals surface area contributed by atoms with Crippen molar-refractivity contribution in [2.45, 2.75) is 13.3 Å². The fourth-order valence-corrected chi connectivity index (χ4v) is 0.804. The van der Waals surface area contributed by atoms with Crippen molar-refractivity contribution in [1.82, 2.24) is 5.06 Å². The Hall–Kier alpha value is -0.570. The van der Waals surface area contributed by atoms with Gasteiger partial charge in [-0.05, 0) is 6.42 Å². The third-order valence-corrected chi connectivity index (χ3v) is 1.45. The lowest BCUT2D eigenvalue weighted by Gasteiger charge is -2.02. The average Bonchev–Trinajstić information content (AvgIpc) is 1.98. The highest BCUT2D eigenvalue weighted by Crippen LogP contribution is 2.13. The van der Waals surface area contributed by atoms with Gasteiger partial charge in [-0.3, -0.25) is 10.0 Å². The van der Waals surface area contributed by atoms with Crippen LogP contribution in [-0.4, -0.2) is 22.7 Å². The Kier molecular flexibility index (Phi) is 1.21. The quantitative estimate of drug-likeness (QED) is 0.459. The van der Waals surface area contributed by atoms with Gasteiger partial charge in [-0.1, -0.05) is 6.92 Å². The van der Waals surface area contributed by atoms with Crippen molar-refractivity contribution < 1.29 is 10.0 Å². The van der Waals surface area contributed by atoms with Gasteiger partial charge in [0.25, 0.3) is 0 Å². The number of amides is 1. The molecule has 0 spiro atoms. The van der Waals surface area contributed by atoms with Crippen LogP contribution in [0.2, 0.25) is 0 Å². The zero-order valence-corrected chi connectivity index (χ0v) is 4.79. The van der Waals surface area contributed by atoms with E-state index in [0.29, 0.717) is 6.54 Å². The lowest BCUT2D eigenvalue weighted by molar-refractivity contribution is -0.159. The number of carbonyl (C=O) groups excluding carboxylic acids is 1. The number of nitrogens with zero attached hydrogens (tertiary/aromatic N) is 1. The van der Waals surface area contributed by atoms with Crippen LogP contribution in [-0.2, 0) is 4.79 Å². The van der Waals surface area contributed by atoms with Gasteiger partial charge in [0.2, 0.25) is 5.91 Å². The summed E-state index contributed by atoms with van der Waals surface area (Å²) in [6.07, 6.45) is 0.787. The minimum Gasteiger partial charge on any atom is -0.286 e. The fraction of sp³-hybridized carbons (Fsp3) is 0.800. The van der Waals surface area contributed by atoms with E-state index in [2.05, 4.69) is 0 Å². The van der Waals surface area contributed by atoms with E-state index in [-0.39, 0.29) is 11.8 Å². The zero-order chi connectivity index (χ0) is 6.15. The molecule has 3 heteroatoms. The molecule has 0 bridgehead atoms. The van der Waals surface area contributed by atoms with E-state index >= 15 is 0 Å². The highest BCUT2D eigenvalue weighted by Gasteiger charge is 2.25. The zero-order valence-electron chi connectivity index (χ0n) is 4.79. The molecule has 1 unspecified atom stereocenters. The highest BCUT2D eigenvalue weighted by molar-refractivity contribution is 5.79. The Morgan fingerprint density at radius 2 is 2.50 bits per heavy atom. The summed E-state index contributed by atoms with van der Waals surface area (Å²) < 4.78 is 0. The van der Waals surface area contributed by atoms with Gasteiger partial charge in [0.1, 0.15) is 0 Å². The van der Waals surface area contributed by atoms with Gasteiger partial charge in [-0.25, -0.2) is 5.06 Å². The number of hydroxylamine groups is 2. The SMILES string of the molecule is CC1CCN(O)C1=O. The summed E-state index contributed by atoms with van der Waals surface area (Å²) >= 11 is 0. The molecule has 0 aromatic carbocycles. The molecule has 1 fully saturated rings. The maximum atomic E-state index is 10.6. The van der Waals surface area contributed by atoms with Crippen LogP contribution in [0.25, 0.3) is 0 Å². The number of carbonyl (C=O) groups is 1. The molecule has 1 aliphatic heterocycles. The first-order chi connectivity index (χ1) is 3.72. The topological polar surface area (TPSA) is 40.5 Å². The minimum absolute atomic E-state index is 0.0278. The summed E-state index contributed by atoms with van der Waals surface area (Å²) in [5.41, 5.74) is 0. The summed E-state index contributed by atoms with van der Waals surface area (Å²) in [5.74, 6) is -0.120. The third-order valence-electron chi connectivity index (χ3n) is 1.45. The lowest BCUT2D eigenvalue weighted by Crippen LogP contribution is -2.21. The van der Waals surface area contributed by atoms with Crippen LogP contribution in [0.5, 0.6) is 0 Å². The molecule has 1 aliphatic rings. The minimum atomic E-state index is -0.148. The van der Waals surface area contributed by atoms with Crippen molar-refractivity contribution in [3.63, 3.8) is 0 Å². The number of hydrogen-bond acceptors (Lipinski definition) is 2. The maximum Gasteiger partial charge on any atom is 0.248 e. The van der Waals surface area contributed by atoms with Crippen molar-refractivity contribution in [2.24, 2.45) is 5.92 Å².